The fourth-order valence-corrected chi connectivity index (χ4v) is 2.31. The summed E-state index contributed by atoms with van der Waals surface area (Å²) in [5.41, 5.74) is 6.39. The van der Waals surface area contributed by atoms with Crippen molar-refractivity contribution in [2.45, 2.75) is 26.0 Å². The van der Waals surface area contributed by atoms with Gasteiger partial charge in [0.2, 0.25) is 0 Å². The SMILES string of the molecule is CC1CN(C(=O)c2ccc(OC(F)F)cc2)CCC1N.Cl. The van der Waals surface area contributed by atoms with E-state index in [-0.39, 0.29) is 36.0 Å². The zero-order valence-corrected chi connectivity index (χ0v) is 12.5. The molecule has 1 aliphatic heterocycles. The summed E-state index contributed by atoms with van der Waals surface area (Å²) in [6.45, 7) is 0.402. The predicted octanol–water partition coefficient (Wildman–Crippen LogP) is 2.52. The molecule has 4 nitrogen and oxygen atoms in total. The van der Waals surface area contributed by atoms with E-state index in [0.717, 1.165) is 6.42 Å². The number of nitrogens with zero attached hydrogens (tertiary/aromatic N) is 1. The lowest BCUT2D eigenvalue weighted by Gasteiger charge is -2.35. The number of alkyl halides is 2. The van der Waals surface area contributed by atoms with E-state index in [2.05, 4.69) is 4.74 Å². The van der Waals surface area contributed by atoms with Crippen LogP contribution in [0.1, 0.15) is 23.7 Å². The number of hydrogen-bond donors (Lipinski definition) is 1. The van der Waals surface area contributed by atoms with Gasteiger partial charge in [0.15, 0.2) is 0 Å². The number of benzene rings is 1. The minimum atomic E-state index is -2.86. The van der Waals surface area contributed by atoms with Gasteiger partial charge < -0.3 is 15.4 Å². The lowest BCUT2D eigenvalue weighted by atomic mass is 9.94. The first kappa shape index (κ1) is 17.7. The molecule has 1 heterocycles. The second-order valence-electron chi connectivity index (χ2n) is 5.08. The maximum absolute atomic E-state index is 12.3. The van der Waals surface area contributed by atoms with Crippen LogP contribution >= 0.6 is 12.4 Å². The van der Waals surface area contributed by atoms with Gasteiger partial charge in [0.05, 0.1) is 0 Å². The average Bonchev–Trinajstić information content (AvgIpc) is 2.41. The maximum atomic E-state index is 12.3. The zero-order chi connectivity index (χ0) is 14.7. The van der Waals surface area contributed by atoms with Gasteiger partial charge in [0, 0.05) is 24.7 Å². The summed E-state index contributed by atoms with van der Waals surface area (Å²) in [5, 5.41) is 0. The van der Waals surface area contributed by atoms with Gasteiger partial charge in [-0.3, -0.25) is 4.79 Å². The number of amides is 1. The van der Waals surface area contributed by atoms with Crippen molar-refractivity contribution in [2.24, 2.45) is 11.7 Å². The second-order valence-corrected chi connectivity index (χ2v) is 5.08. The Morgan fingerprint density at radius 3 is 2.52 bits per heavy atom. The quantitative estimate of drug-likeness (QED) is 0.931. The van der Waals surface area contributed by atoms with Crippen molar-refractivity contribution in [3.63, 3.8) is 0 Å². The van der Waals surface area contributed by atoms with Gasteiger partial charge in [-0.25, -0.2) is 0 Å². The molecule has 2 unspecified atom stereocenters. The summed E-state index contributed by atoms with van der Waals surface area (Å²) in [6, 6.07) is 5.87. The Morgan fingerprint density at radius 1 is 1.38 bits per heavy atom. The zero-order valence-electron chi connectivity index (χ0n) is 11.7. The lowest BCUT2D eigenvalue weighted by molar-refractivity contribution is -0.0498. The molecule has 0 aromatic heterocycles. The minimum Gasteiger partial charge on any atom is -0.435 e. The Bertz CT molecular complexity index is 471. The average molecular weight is 321 g/mol. The monoisotopic (exact) mass is 320 g/mol. The number of carbonyl (C=O) groups is 1. The molecular weight excluding hydrogens is 302 g/mol. The van der Waals surface area contributed by atoms with Crippen LogP contribution in [-0.4, -0.2) is 36.5 Å². The van der Waals surface area contributed by atoms with Crippen LogP contribution in [0.3, 0.4) is 0 Å². The molecule has 21 heavy (non-hydrogen) atoms. The summed E-state index contributed by atoms with van der Waals surface area (Å²) in [4.78, 5) is 14.0. The molecule has 0 radical (unpaired) electrons. The van der Waals surface area contributed by atoms with Gasteiger partial charge in [-0.2, -0.15) is 8.78 Å². The normalized spacial score (nSPS) is 21.9. The first-order chi connectivity index (χ1) is 9.47. The number of nitrogens with two attached hydrogens (primary N) is 1. The van der Waals surface area contributed by atoms with Crippen molar-refractivity contribution < 1.29 is 18.3 Å². The van der Waals surface area contributed by atoms with E-state index in [1.54, 1.807) is 4.90 Å². The maximum Gasteiger partial charge on any atom is 0.387 e. The van der Waals surface area contributed by atoms with Crippen molar-refractivity contribution in [2.75, 3.05) is 13.1 Å². The highest BCUT2D eigenvalue weighted by molar-refractivity contribution is 5.94. The molecule has 1 aromatic rings. The van der Waals surface area contributed by atoms with Crippen molar-refractivity contribution in [3.8, 4) is 5.75 Å². The Morgan fingerprint density at radius 2 is 2.00 bits per heavy atom. The Balaban J connectivity index is 0.00000220. The Kier molecular flexibility index (Phi) is 6.36. The van der Waals surface area contributed by atoms with Crippen LogP contribution in [0.25, 0.3) is 0 Å². The fraction of sp³-hybridized carbons (Fsp3) is 0.500. The number of piperidine rings is 1. The van der Waals surface area contributed by atoms with Gasteiger partial charge >= 0.3 is 6.61 Å². The van der Waals surface area contributed by atoms with Crippen molar-refractivity contribution in [3.05, 3.63) is 29.8 Å². The van der Waals surface area contributed by atoms with Crippen LogP contribution in [-0.2, 0) is 0 Å². The van der Waals surface area contributed by atoms with Gasteiger partial charge in [-0.05, 0) is 36.6 Å². The molecule has 2 N–H and O–H groups in total. The first-order valence-corrected chi connectivity index (χ1v) is 6.57. The topological polar surface area (TPSA) is 55.6 Å². The standard InChI is InChI=1S/C14H18F2N2O2.ClH/c1-9-8-18(7-6-12(9)17)13(19)10-2-4-11(5-3-10)20-14(15)16;/h2-5,9,12,14H,6-8,17H2,1H3;1H. The Labute approximate surface area is 128 Å². The third-order valence-corrected chi connectivity index (χ3v) is 3.59. The van der Waals surface area contributed by atoms with Gasteiger partial charge in [-0.1, -0.05) is 6.92 Å². The highest BCUT2D eigenvalue weighted by Gasteiger charge is 2.26. The first-order valence-electron chi connectivity index (χ1n) is 6.57. The van der Waals surface area contributed by atoms with E-state index < -0.39 is 6.61 Å². The molecule has 0 spiro atoms. The largest absolute Gasteiger partial charge is 0.435 e. The molecular formula is C14H19ClF2N2O2. The van der Waals surface area contributed by atoms with Crippen LogP contribution < -0.4 is 10.5 Å². The molecule has 2 atom stereocenters. The molecule has 7 heteroatoms. The van der Waals surface area contributed by atoms with Crippen LogP contribution in [0.2, 0.25) is 0 Å². The molecule has 2 rings (SSSR count). The third-order valence-electron chi connectivity index (χ3n) is 3.59. The van der Waals surface area contributed by atoms with Crippen LogP contribution in [0, 0.1) is 5.92 Å². The van der Waals surface area contributed by atoms with Crippen LogP contribution in [0.15, 0.2) is 24.3 Å². The van der Waals surface area contributed by atoms with Gasteiger partial charge in [0.1, 0.15) is 5.75 Å². The van der Waals surface area contributed by atoms with E-state index in [9.17, 15) is 13.6 Å². The fourth-order valence-electron chi connectivity index (χ4n) is 2.31. The third kappa shape index (κ3) is 4.54. The highest BCUT2D eigenvalue weighted by Crippen LogP contribution is 2.19. The number of likely N-dealkylation sites (tertiary alicyclic amines) is 1. The summed E-state index contributed by atoms with van der Waals surface area (Å²) in [5.74, 6) is 0.201. The molecule has 1 fully saturated rings. The highest BCUT2D eigenvalue weighted by atomic mass is 35.5. The summed E-state index contributed by atoms with van der Waals surface area (Å²) < 4.78 is 28.3. The van der Waals surface area contributed by atoms with E-state index in [0.29, 0.717) is 18.7 Å². The molecule has 0 aliphatic carbocycles. The smallest absolute Gasteiger partial charge is 0.387 e. The van der Waals surface area contributed by atoms with Crippen molar-refractivity contribution in [1.29, 1.82) is 0 Å². The molecule has 1 amide bonds. The number of rotatable bonds is 3. The van der Waals surface area contributed by atoms with Crippen molar-refractivity contribution >= 4 is 18.3 Å². The molecule has 118 valence electrons. The summed E-state index contributed by atoms with van der Waals surface area (Å²) >= 11 is 0. The predicted molar refractivity (Wildman–Crippen MR) is 78.0 cm³/mol. The molecule has 1 aromatic carbocycles. The van der Waals surface area contributed by atoms with Crippen molar-refractivity contribution in [1.82, 2.24) is 4.90 Å². The van der Waals surface area contributed by atoms with E-state index >= 15 is 0 Å². The molecule has 0 saturated carbocycles. The number of halogens is 3. The molecule has 0 bridgehead atoms. The minimum absolute atomic E-state index is 0. The summed E-state index contributed by atoms with van der Waals surface area (Å²) in [6.07, 6.45) is 0.777. The number of carbonyl (C=O) groups excluding carboxylic acids is 1. The van der Waals surface area contributed by atoms with Gasteiger partial charge in [0.25, 0.3) is 5.91 Å². The number of ether oxygens (including phenoxy) is 1. The Hall–Kier alpha value is -1.40. The van der Waals surface area contributed by atoms with E-state index in [4.69, 9.17) is 5.73 Å². The van der Waals surface area contributed by atoms with E-state index in [1.165, 1.54) is 24.3 Å². The lowest BCUT2D eigenvalue weighted by Crippen LogP contribution is -2.48. The number of hydrogen-bond acceptors (Lipinski definition) is 3. The van der Waals surface area contributed by atoms with Crippen LogP contribution in [0.4, 0.5) is 8.78 Å². The summed E-state index contributed by atoms with van der Waals surface area (Å²) in [7, 11) is 0. The molecule has 1 aliphatic rings. The molecule has 1 saturated heterocycles. The van der Waals surface area contributed by atoms with E-state index in [1.807, 2.05) is 6.92 Å². The van der Waals surface area contributed by atoms with Gasteiger partial charge in [-0.15, -0.1) is 12.4 Å². The second kappa shape index (κ2) is 7.56. The van der Waals surface area contributed by atoms with Crippen LogP contribution in [0.5, 0.6) is 5.75 Å².